The second-order valence-corrected chi connectivity index (χ2v) is 8.68. The summed E-state index contributed by atoms with van der Waals surface area (Å²) in [6.45, 7) is 0.955. The van der Waals surface area contributed by atoms with E-state index < -0.39 is 5.82 Å². The second kappa shape index (κ2) is 9.58. The number of hydrogen-bond acceptors (Lipinski definition) is 4. The third kappa shape index (κ3) is 5.11. The van der Waals surface area contributed by atoms with Crippen LogP contribution in [-0.4, -0.2) is 40.8 Å². The first-order valence-electron chi connectivity index (χ1n) is 10.0. The molecule has 0 spiro atoms. The SMILES string of the molecule is O=C(Cc1csc(-c2ccccc2Cl)n1)NC1CCN(C(=O)c2ccccc2F)CC1. The van der Waals surface area contributed by atoms with Crippen molar-refractivity contribution in [2.75, 3.05) is 13.1 Å². The van der Waals surface area contributed by atoms with Crippen molar-refractivity contribution in [2.24, 2.45) is 0 Å². The van der Waals surface area contributed by atoms with Crippen LogP contribution >= 0.6 is 22.9 Å². The summed E-state index contributed by atoms with van der Waals surface area (Å²) in [6, 6.07) is 13.5. The van der Waals surface area contributed by atoms with E-state index in [1.165, 1.54) is 23.5 Å². The van der Waals surface area contributed by atoms with E-state index in [0.717, 1.165) is 10.6 Å². The molecule has 2 aromatic carbocycles. The lowest BCUT2D eigenvalue weighted by Gasteiger charge is -2.32. The molecule has 2 amide bonds. The quantitative estimate of drug-likeness (QED) is 0.610. The van der Waals surface area contributed by atoms with Crippen LogP contribution in [0.2, 0.25) is 5.02 Å². The molecule has 0 atom stereocenters. The van der Waals surface area contributed by atoms with Crippen LogP contribution in [0.1, 0.15) is 28.9 Å². The van der Waals surface area contributed by atoms with Crippen molar-refractivity contribution in [3.63, 3.8) is 0 Å². The van der Waals surface area contributed by atoms with Crippen molar-refractivity contribution in [1.82, 2.24) is 15.2 Å². The zero-order valence-electron chi connectivity index (χ0n) is 16.7. The fourth-order valence-electron chi connectivity index (χ4n) is 3.62. The van der Waals surface area contributed by atoms with Gasteiger partial charge in [0.05, 0.1) is 22.7 Å². The molecule has 1 aromatic heterocycles. The van der Waals surface area contributed by atoms with Crippen molar-refractivity contribution in [1.29, 1.82) is 0 Å². The second-order valence-electron chi connectivity index (χ2n) is 7.41. The number of hydrogen-bond donors (Lipinski definition) is 1. The summed E-state index contributed by atoms with van der Waals surface area (Å²) < 4.78 is 13.9. The number of thiazole rings is 1. The van der Waals surface area contributed by atoms with Crippen LogP contribution in [-0.2, 0) is 11.2 Å². The monoisotopic (exact) mass is 457 g/mol. The number of rotatable bonds is 5. The van der Waals surface area contributed by atoms with E-state index in [9.17, 15) is 14.0 Å². The van der Waals surface area contributed by atoms with Crippen LogP contribution < -0.4 is 5.32 Å². The molecule has 0 radical (unpaired) electrons. The van der Waals surface area contributed by atoms with E-state index in [1.807, 2.05) is 29.6 Å². The highest BCUT2D eigenvalue weighted by molar-refractivity contribution is 7.13. The summed E-state index contributed by atoms with van der Waals surface area (Å²) in [7, 11) is 0. The molecular formula is C23H21ClFN3O2S. The van der Waals surface area contributed by atoms with E-state index in [2.05, 4.69) is 10.3 Å². The molecule has 0 saturated carbocycles. The van der Waals surface area contributed by atoms with Crippen LogP contribution in [0.15, 0.2) is 53.9 Å². The van der Waals surface area contributed by atoms with E-state index >= 15 is 0 Å². The van der Waals surface area contributed by atoms with Crippen LogP contribution in [0, 0.1) is 5.82 Å². The van der Waals surface area contributed by atoms with Crippen LogP contribution in [0.25, 0.3) is 10.6 Å². The summed E-state index contributed by atoms with van der Waals surface area (Å²) in [4.78, 5) is 31.2. The van der Waals surface area contributed by atoms with Gasteiger partial charge in [0.25, 0.3) is 5.91 Å². The van der Waals surface area contributed by atoms with Gasteiger partial charge in [-0.1, -0.05) is 41.9 Å². The Bertz CT molecular complexity index is 1100. The molecule has 1 fully saturated rings. The van der Waals surface area contributed by atoms with Gasteiger partial charge in [0.1, 0.15) is 10.8 Å². The maximum Gasteiger partial charge on any atom is 0.256 e. The summed E-state index contributed by atoms with van der Waals surface area (Å²) in [5.74, 6) is -0.922. The van der Waals surface area contributed by atoms with E-state index in [4.69, 9.17) is 11.6 Å². The number of nitrogens with one attached hydrogen (secondary N) is 1. The number of halogens is 2. The number of piperidine rings is 1. The van der Waals surface area contributed by atoms with Gasteiger partial charge in [-0.3, -0.25) is 9.59 Å². The number of amides is 2. The zero-order valence-corrected chi connectivity index (χ0v) is 18.3. The standard InChI is InChI=1S/C23H21ClFN3O2S/c24-19-7-3-1-5-17(19)22-27-16(14-31-22)13-21(29)26-15-9-11-28(12-10-15)23(30)18-6-2-4-8-20(18)25/h1-8,14-15H,9-13H2,(H,26,29). The lowest BCUT2D eigenvalue weighted by molar-refractivity contribution is -0.121. The molecule has 160 valence electrons. The molecule has 5 nitrogen and oxygen atoms in total. The number of nitrogens with zero attached hydrogens (tertiary/aromatic N) is 2. The highest BCUT2D eigenvalue weighted by Crippen LogP contribution is 2.30. The molecule has 3 aromatic rings. The lowest BCUT2D eigenvalue weighted by atomic mass is 10.0. The van der Waals surface area contributed by atoms with Crippen molar-refractivity contribution in [2.45, 2.75) is 25.3 Å². The molecule has 1 N–H and O–H groups in total. The van der Waals surface area contributed by atoms with Gasteiger partial charge in [0.2, 0.25) is 5.91 Å². The Balaban J connectivity index is 1.28. The number of benzene rings is 2. The first-order chi connectivity index (χ1) is 15.0. The van der Waals surface area contributed by atoms with Gasteiger partial charge in [-0.2, -0.15) is 0 Å². The average Bonchev–Trinajstić information content (AvgIpc) is 3.22. The van der Waals surface area contributed by atoms with Gasteiger partial charge in [-0.05, 0) is 31.0 Å². The van der Waals surface area contributed by atoms with Gasteiger partial charge >= 0.3 is 0 Å². The third-order valence-corrected chi connectivity index (χ3v) is 6.50. The van der Waals surface area contributed by atoms with Crippen molar-refractivity contribution in [3.8, 4) is 10.6 Å². The fraction of sp³-hybridized carbons (Fsp3) is 0.261. The first kappa shape index (κ1) is 21.5. The molecule has 1 aliphatic rings. The number of carbonyl (C=O) groups is 2. The third-order valence-electron chi connectivity index (χ3n) is 5.25. The van der Waals surface area contributed by atoms with Crippen molar-refractivity contribution in [3.05, 3.63) is 76.0 Å². The molecule has 0 aliphatic carbocycles. The molecule has 2 heterocycles. The molecule has 1 saturated heterocycles. The Labute approximate surface area is 188 Å². The number of likely N-dealkylation sites (tertiary alicyclic amines) is 1. The Kier molecular flexibility index (Phi) is 6.63. The lowest BCUT2D eigenvalue weighted by Crippen LogP contribution is -2.47. The minimum absolute atomic E-state index is 0.0150. The van der Waals surface area contributed by atoms with Gasteiger partial charge in [0.15, 0.2) is 0 Å². The van der Waals surface area contributed by atoms with Gasteiger partial charge in [0, 0.05) is 30.1 Å². The fourth-order valence-corrected chi connectivity index (χ4v) is 4.76. The van der Waals surface area contributed by atoms with E-state index in [0.29, 0.717) is 36.6 Å². The van der Waals surface area contributed by atoms with Crippen molar-refractivity contribution >= 4 is 34.8 Å². The Hall–Kier alpha value is -2.77. The maximum atomic E-state index is 13.9. The molecule has 1 aliphatic heterocycles. The maximum absolute atomic E-state index is 13.9. The molecule has 4 rings (SSSR count). The molecule has 0 bridgehead atoms. The predicted octanol–water partition coefficient (Wildman–Crippen LogP) is 4.57. The van der Waals surface area contributed by atoms with Gasteiger partial charge in [-0.15, -0.1) is 11.3 Å². The highest BCUT2D eigenvalue weighted by Gasteiger charge is 2.26. The minimum atomic E-state index is -0.512. The Morgan fingerprint density at radius 3 is 2.58 bits per heavy atom. The number of carbonyl (C=O) groups excluding carboxylic acids is 2. The van der Waals surface area contributed by atoms with Crippen LogP contribution in [0.5, 0.6) is 0 Å². The topological polar surface area (TPSA) is 62.3 Å². The molecule has 8 heteroatoms. The molecule has 0 unspecified atom stereocenters. The van der Waals surface area contributed by atoms with Crippen LogP contribution in [0.3, 0.4) is 0 Å². The summed E-state index contributed by atoms with van der Waals surface area (Å²) in [5.41, 5.74) is 1.64. The first-order valence-corrected chi connectivity index (χ1v) is 11.3. The van der Waals surface area contributed by atoms with Gasteiger partial charge < -0.3 is 10.2 Å². The highest BCUT2D eigenvalue weighted by atomic mass is 35.5. The average molecular weight is 458 g/mol. The predicted molar refractivity (Wildman–Crippen MR) is 120 cm³/mol. The van der Waals surface area contributed by atoms with Crippen molar-refractivity contribution < 1.29 is 14.0 Å². The Morgan fingerprint density at radius 2 is 1.84 bits per heavy atom. The molecule has 31 heavy (non-hydrogen) atoms. The zero-order chi connectivity index (χ0) is 21.8. The normalized spacial score (nSPS) is 14.5. The smallest absolute Gasteiger partial charge is 0.256 e. The number of aromatic nitrogens is 1. The Morgan fingerprint density at radius 1 is 1.13 bits per heavy atom. The van der Waals surface area contributed by atoms with Crippen LogP contribution in [0.4, 0.5) is 4.39 Å². The van der Waals surface area contributed by atoms with E-state index in [-0.39, 0.29) is 29.8 Å². The summed E-state index contributed by atoms with van der Waals surface area (Å²) >= 11 is 7.68. The van der Waals surface area contributed by atoms with Gasteiger partial charge in [-0.25, -0.2) is 9.37 Å². The largest absolute Gasteiger partial charge is 0.353 e. The summed E-state index contributed by atoms with van der Waals surface area (Å²) in [6.07, 6.45) is 1.46. The van der Waals surface area contributed by atoms with E-state index in [1.54, 1.807) is 17.0 Å². The summed E-state index contributed by atoms with van der Waals surface area (Å²) in [5, 5.41) is 6.31. The minimum Gasteiger partial charge on any atom is -0.353 e. The molecular weight excluding hydrogens is 437 g/mol.